The summed E-state index contributed by atoms with van der Waals surface area (Å²) in [5, 5.41) is 3.32. The van der Waals surface area contributed by atoms with Crippen LogP contribution >= 0.6 is 12.4 Å². The number of carbonyl (C=O) groups excluding carboxylic acids is 1. The maximum Gasteiger partial charge on any atom is 0.225 e. The van der Waals surface area contributed by atoms with Crippen LogP contribution in [0.2, 0.25) is 0 Å². The molecule has 1 amide bonds. The van der Waals surface area contributed by atoms with Gasteiger partial charge in [-0.05, 0) is 56.3 Å². The van der Waals surface area contributed by atoms with Crippen LogP contribution in [0.1, 0.15) is 12.8 Å². The number of amides is 1. The Hall–Kier alpha value is -2.64. The number of aryl methyl sites for hydroxylation is 1. The minimum atomic E-state index is -0.276. The van der Waals surface area contributed by atoms with E-state index in [1.165, 1.54) is 6.07 Å². The van der Waals surface area contributed by atoms with Gasteiger partial charge in [0.25, 0.3) is 0 Å². The SMILES string of the molecule is Cl.Cn1c(-c2cc(N3CCN(C(=O)C4CCNCC4)CC3)ccc2F)nc2ccccc21. The Labute approximate surface area is 193 Å². The van der Waals surface area contributed by atoms with Gasteiger partial charge in [0.05, 0.1) is 16.6 Å². The monoisotopic (exact) mass is 457 g/mol. The molecule has 2 saturated heterocycles. The van der Waals surface area contributed by atoms with E-state index in [1.807, 2.05) is 52.9 Å². The van der Waals surface area contributed by atoms with E-state index in [0.29, 0.717) is 30.4 Å². The lowest BCUT2D eigenvalue weighted by molar-refractivity contribution is -0.136. The Morgan fingerprint density at radius 3 is 2.50 bits per heavy atom. The highest BCUT2D eigenvalue weighted by Gasteiger charge is 2.28. The second-order valence-electron chi connectivity index (χ2n) is 8.48. The zero-order valence-electron chi connectivity index (χ0n) is 18.3. The molecule has 170 valence electrons. The Balaban J connectivity index is 0.00000245. The van der Waals surface area contributed by atoms with Gasteiger partial charge in [0.2, 0.25) is 5.91 Å². The summed E-state index contributed by atoms with van der Waals surface area (Å²) >= 11 is 0. The number of rotatable bonds is 3. The number of nitrogens with zero attached hydrogens (tertiary/aromatic N) is 4. The van der Waals surface area contributed by atoms with Crippen LogP contribution in [0.15, 0.2) is 42.5 Å². The Bertz CT molecular complexity index is 1100. The van der Waals surface area contributed by atoms with Crippen LogP contribution in [0.5, 0.6) is 0 Å². The molecule has 2 aliphatic rings. The van der Waals surface area contributed by atoms with Gasteiger partial charge in [-0.15, -0.1) is 12.4 Å². The van der Waals surface area contributed by atoms with Crippen molar-refractivity contribution in [2.75, 3.05) is 44.2 Å². The third-order valence-corrected chi connectivity index (χ3v) is 6.62. The summed E-state index contributed by atoms with van der Waals surface area (Å²) in [6, 6.07) is 13.1. The standard InChI is InChI=1S/C24H28FN5O.ClH/c1-28-22-5-3-2-4-21(22)27-23(28)19-16-18(6-7-20(19)25)29-12-14-30(15-13-29)24(31)17-8-10-26-11-9-17;/h2-7,16-17,26H,8-15H2,1H3;1H. The number of hydrogen-bond acceptors (Lipinski definition) is 4. The van der Waals surface area contributed by atoms with E-state index in [9.17, 15) is 9.18 Å². The molecule has 3 heterocycles. The van der Waals surface area contributed by atoms with Gasteiger partial charge in [0, 0.05) is 44.8 Å². The van der Waals surface area contributed by atoms with Gasteiger partial charge in [0.15, 0.2) is 0 Å². The van der Waals surface area contributed by atoms with Crippen LogP contribution in [0.4, 0.5) is 10.1 Å². The van der Waals surface area contributed by atoms with Gasteiger partial charge < -0.3 is 19.7 Å². The van der Waals surface area contributed by atoms with Gasteiger partial charge in [-0.25, -0.2) is 9.37 Å². The largest absolute Gasteiger partial charge is 0.368 e. The van der Waals surface area contributed by atoms with E-state index in [4.69, 9.17) is 0 Å². The van der Waals surface area contributed by atoms with E-state index < -0.39 is 0 Å². The maximum atomic E-state index is 14.8. The molecular weight excluding hydrogens is 429 g/mol. The number of para-hydroxylation sites is 2. The highest BCUT2D eigenvalue weighted by Crippen LogP contribution is 2.30. The van der Waals surface area contributed by atoms with E-state index in [-0.39, 0.29) is 24.1 Å². The molecule has 0 bridgehead atoms. The molecule has 6 nitrogen and oxygen atoms in total. The third kappa shape index (κ3) is 4.19. The van der Waals surface area contributed by atoms with Gasteiger partial charge >= 0.3 is 0 Å². The number of carbonyl (C=O) groups is 1. The molecule has 2 aliphatic heterocycles. The number of halogens is 2. The van der Waals surface area contributed by atoms with Crippen LogP contribution in [0.25, 0.3) is 22.4 Å². The Kier molecular flexibility index (Phi) is 6.67. The smallest absolute Gasteiger partial charge is 0.225 e. The summed E-state index contributed by atoms with van der Waals surface area (Å²) in [6.07, 6.45) is 1.86. The molecule has 3 aromatic rings. The number of hydrogen-bond donors (Lipinski definition) is 1. The fourth-order valence-electron chi connectivity index (χ4n) is 4.78. The zero-order chi connectivity index (χ0) is 21.4. The maximum absolute atomic E-state index is 14.8. The highest BCUT2D eigenvalue weighted by molar-refractivity contribution is 5.85. The van der Waals surface area contributed by atoms with Crippen molar-refractivity contribution in [3.63, 3.8) is 0 Å². The average molecular weight is 458 g/mol. The molecule has 32 heavy (non-hydrogen) atoms. The summed E-state index contributed by atoms with van der Waals surface area (Å²) in [6.45, 7) is 4.78. The van der Waals surface area contributed by atoms with Crippen LogP contribution in [0.3, 0.4) is 0 Å². The van der Waals surface area contributed by atoms with Crippen LogP contribution in [-0.2, 0) is 11.8 Å². The van der Waals surface area contributed by atoms with Crippen LogP contribution in [-0.4, -0.2) is 59.6 Å². The topological polar surface area (TPSA) is 53.4 Å². The minimum absolute atomic E-state index is 0. The minimum Gasteiger partial charge on any atom is -0.368 e. The second kappa shape index (κ2) is 9.46. The molecular formula is C24H29ClFN5O. The number of piperidine rings is 1. The summed E-state index contributed by atoms with van der Waals surface area (Å²) in [5.41, 5.74) is 3.31. The quantitative estimate of drug-likeness (QED) is 0.654. The first kappa shape index (κ1) is 22.6. The predicted molar refractivity (Wildman–Crippen MR) is 128 cm³/mol. The van der Waals surface area contributed by atoms with Crippen molar-refractivity contribution in [2.45, 2.75) is 12.8 Å². The average Bonchev–Trinajstić information content (AvgIpc) is 3.16. The fraction of sp³-hybridized carbons (Fsp3) is 0.417. The predicted octanol–water partition coefficient (Wildman–Crippen LogP) is 3.45. The van der Waals surface area contributed by atoms with E-state index in [2.05, 4.69) is 15.2 Å². The van der Waals surface area contributed by atoms with Crippen LogP contribution in [0, 0.1) is 11.7 Å². The van der Waals surface area contributed by atoms with Crippen molar-refractivity contribution in [1.29, 1.82) is 0 Å². The van der Waals surface area contributed by atoms with Crippen molar-refractivity contribution in [3.05, 3.63) is 48.3 Å². The number of aromatic nitrogens is 2. The molecule has 0 aliphatic carbocycles. The normalized spacial score (nSPS) is 17.4. The molecule has 0 atom stereocenters. The molecule has 2 aromatic carbocycles. The first-order chi connectivity index (χ1) is 15.1. The lowest BCUT2D eigenvalue weighted by atomic mass is 9.96. The number of nitrogens with one attached hydrogen (secondary N) is 1. The summed E-state index contributed by atoms with van der Waals surface area (Å²) in [4.78, 5) is 21.7. The molecule has 0 unspecified atom stereocenters. The van der Waals surface area contributed by atoms with E-state index in [1.54, 1.807) is 0 Å². The van der Waals surface area contributed by atoms with E-state index in [0.717, 1.165) is 55.7 Å². The molecule has 1 N–H and O–H groups in total. The van der Waals surface area contributed by atoms with Gasteiger partial charge in [-0.3, -0.25) is 4.79 Å². The van der Waals surface area contributed by atoms with Gasteiger partial charge in [-0.1, -0.05) is 12.1 Å². The van der Waals surface area contributed by atoms with Crippen molar-refractivity contribution in [3.8, 4) is 11.4 Å². The van der Waals surface area contributed by atoms with Crippen molar-refractivity contribution in [2.24, 2.45) is 13.0 Å². The fourth-order valence-corrected chi connectivity index (χ4v) is 4.78. The van der Waals surface area contributed by atoms with Crippen molar-refractivity contribution < 1.29 is 9.18 Å². The van der Waals surface area contributed by atoms with Gasteiger partial charge in [-0.2, -0.15) is 0 Å². The second-order valence-corrected chi connectivity index (χ2v) is 8.48. The summed E-state index contributed by atoms with van der Waals surface area (Å²) in [5.74, 6) is 0.797. The molecule has 8 heteroatoms. The third-order valence-electron chi connectivity index (χ3n) is 6.62. The number of benzene rings is 2. The lowest BCUT2D eigenvalue weighted by Gasteiger charge is -2.38. The number of fused-ring (bicyclic) bond motifs is 1. The van der Waals surface area contributed by atoms with Crippen LogP contribution < -0.4 is 10.2 Å². The molecule has 2 fully saturated rings. The summed E-state index contributed by atoms with van der Waals surface area (Å²) < 4.78 is 16.7. The van der Waals surface area contributed by atoms with Crippen molar-refractivity contribution >= 4 is 35.0 Å². The van der Waals surface area contributed by atoms with Gasteiger partial charge in [0.1, 0.15) is 11.6 Å². The lowest BCUT2D eigenvalue weighted by Crippen LogP contribution is -2.51. The Morgan fingerprint density at radius 1 is 1.06 bits per heavy atom. The van der Waals surface area contributed by atoms with E-state index >= 15 is 0 Å². The first-order valence-electron chi connectivity index (χ1n) is 11.1. The molecule has 5 rings (SSSR count). The highest BCUT2D eigenvalue weighted by atomic mass is 35.5. The zero-order valence-corrected chi connectivity index (χ0v) is 19.1. The summed E-state index contributed by atoms with van der Waals surface area (Å²) in [7, 11) is 1.92. The Morgan fingerprint density at radius 2 is 1.78 bits per heavy atom. The molecule has 1 aromatic heterocycles. The number of anilines is 1. The molecule has 0 spiro atoms. The number of imidazole rings is 1. The molecule has 0 radical (unpaired) electrons. The number of piperazine rings is 1. The van der Waals surface area contributed by atoms with Crippen molar-refractivity contribution in [1.82, 2.24) is 19.8 Å². The molecule has 0 saturated carbocycles. The first-order valence-corrected chi connectivity index (χ1v) is 11.1.